The number of aromatic nitrogens is 1. The number of carbonyl (C=O) groups excluding carboxylic acids is 1. The fourth-order valence-corrected chi connectivity index (χ4v) is 5.67. The number of benzene rings is 2. The molecule has 0 atom stereocenters. The zero-order chi connectivity index (χ0) is 24.2. The van der Waals surface area contributed by atoms with Gasteiger partial charge in [-0.3, -0.25) is 14.6 Å². The number of pyridine rings is 1. The molecular formula is C30H38N4O. The van der Waals surface area contributed by atoms with Crippen molar-refractivity contribution < 1.29 is 4.79 Å². The van der Waals surface area contributed by atoms with Crippen molar-refractivity contribution >= 4 is 16.8 Å². The smallest absolute Gasteiger partial charge is 0.252 e. The average molecular weight is 471 g/mol. The summed E-state index contributed by atoms with van der Waals surface area (Å²) < 4.78 is 0. The molecule has 0 spiro atoms. The Labute approximate surface area is 209 Å². The lowest BCUT2D eigenvalue weighted by atomic mass is 9.93. The van der Waals surface area contributed by atoms with Crippen LogP contribution < -0.4 is 5.32 Å². The Morgan fingerprint density at radius 2 is 1.63 bits per heavy atom. The Bertz CT molecular complexity index is 1150. The van der Waals surface area contributed by atoms with E-state index in [4.69, 9.17) is 4.98 Å². The second kappa shape index (κ2) is 10.9. The van der Waals surface area contributed by atoms with Gasteiger partial charge >= 0.3 is 0 Å². The lowest BCUT2D eigenvalue weighted by Crippen LogP contribution is -2.48. The predicted octanol–water partition coefficient (Wildman–Crippen LogP) is 5.49. The van der Waals surface area contributed by atoms with Crippen molar-refractivity contribution in [3.63, 3.8) is 0 Å². The van der Waals surface area contributed by atoms with Gasteiger partial charge in [0.25, 0.3) is 5.91 Å². The molecule has 184 valence electrons. The molecule has 1 saturated carbocycles. The number of rotatable bonds is 6. The average Bonchev–Trinajstić information content (AvgIpc) is 2.89. The summed E-state index contributed by atoms with van der Waals surface area (Å²) in [7, 11) is 0. The number of nitrogens with one attached hydrogen (secondary N) is 1. The van der Waals surface area contributed by atoms with Crippen molar-refractivity contribution in [2.75, 3.05) is 26.2 Å². The number of hydrogen-bond acceptors (Lipinski definition) is 4. The summed E-state index contributed by atoms with van der Waals surface area (Å²) >= 11 is 0. The number of piperazine rings is 1. The number of fused-ring (bicyclic) bond motifs is 1. The van der Waals surface area contributed by atoms with Crippen LogP contribution in [-0.2, 0) is 6.54 Å². The largest absolute Gasteiger partial charge is 0.349 e. The van der Waals surface area contributed by atoms with Gasteiger partial charge in [-0.05, 0) is 32.8 Å². The Kier molecular flexibility index (Phi) is 7.45. The third-order valence-electron chi connectivity index (χ3n) is 7.73. The molecule has 5 rings (SSSR count). The first-order chi connectivity index (χ1) is 17.1. The molecule has 1 amide bonds. The van der Waals surface area contributed by atoms with Crippen molar-refractivity contribution in [3.05, 3.63) is 65.7 Å². The fraction of sp³-hybridized carbons (Fsp3) is 0.467. The van der Waals surface area contributed by atoms with Gasteiger partial charge in [0.15, 0.2) is 0 Å². The van der Waals surface area contributed by atoms with Gasteiger partial charge in [-0.25, -0.2) is 4.98 Å². The fourth-order valence-electron chi connectivity index (χ4n) is 5.67. The topological polar surface area (TPSA) is 48.5 Å². The first-order valence-electron chi connectivity index (χ1n) is 13.3. The molecule has 3 aromatic rings. The number of carbonyl (C=O) groups is 1. The molecule has 0 unspecified atom stereocenters. The van der Waals surface area contributed by atoms with E-state index in [0.717, 1.165) is 78.9 Å². The minimum Gasteiger partial charge on any atom is -0.349 e. The summed E-state index contributed by atoms with van der Waals surface area (Å²) in [5.74, 6) is 0.0588. The molecule has 5 heteroatoms. The summed E-state index contributed by atoms with van der Waals surface area (Å²) in [6.45, 7) is 9.40. The number of para-hydroxylation sites is 1. The Balaban J connectivity index is 1.57. The highest BCUT2D eigenvalue weighted by Crippen LogP contribution is 2.32. The second-order valence-electron chi connectivity index (χ2n) is 10.4. The minimum atomic E-state index is 0.0588. The molecule has 2 aliphatic rings. The highest BCUT2D eigenvalue weighted by molar-refractivity contribution is 6.09. The second-order valence-corrected chi connectivity index (χ2v) is 10.4. The van der Waals surface area contributed by atoms with Crippen LogP contribution in [0.1, 0.15) is 61.9 Å². The van der Waals surface area contributed by atoms with Gasteiger partial charge in [-0.2, -0.15) is 0 Å². The first kappa shape index (κ1) is 24.0. The lowest BCUT2D eigenvalue weighted by Gasteiger charge is -2.37. The molecule has 1 saturated heterocycles. The third kappa shape index (κ3) is 5.41. The molecular weight excluding hydrogens is 432 g/mol. The van der Waals surface area contributed by atoms with Crippen LogP contribution in [0.4, 0.5) is 0 Å². The molecule has 2 fully saturated rings. The van der Waals surface area contributed by atoms with Crippen molar-refractivity contribution in [3.8, 4) is 11.3 Å². The number of hydrogen-bond donors (Lipinski definition) is 1. The highest BCUT2D eigenvalue weighted by atomic mass is 16.1. The van der Waals surface area contributed by atoms with Gasteiger partial charge in [0.05, 0.1) is 16.8 Å². The van der Waals surface area contributed by atoms with Gasteiger partial charge in [0, 0.05) is 61.3 Å². The van der Waals surface area contributed by atoms with Crippen molar-refractivity contribution in [1.29, 1.82) is 0 Å². The molecule has 1 N–H and O–H groups in total. The molecule has 1 aliphatic heterocycles. The van der Waals surface area contributed by atoms with Gasteiger partial charge < -0.3 is 5.32 Å². The third-order valence-corrected chi connectivity index (χ3v) is 7.73. The van der Waals surface area contributed by atoms with Gasteiger partial charge in [0.1, 0.15) is 0 Å². The maximum Gasteiger partial charge on any atom is 0.252 e. The standard InChI is InChI=1S/C30H38N4O/c1-22(2)34-19-17-33(18-20-34)21-26-28(30(35)31-24-13-7-4-8-14-24)25-15-9-10-16-27(25)32-29(26)23-11-5-3-6-12-23/h3,5-6,9-12,15-16,22,24H,4,7-8,13-14,17-21H2,1-2H3,(H,31,35). The van der Waals surface area contributed by atoms with E-state index in [9.17, 15) is 4.79 Å². The molecule has 1 aliphatic carbocycles. The molecule has 0 radical (unpaired) electrons. The van der Waals surface area contributed by atoms with E-state index in [-0.39, 0.29) is 11.9 Å². The van der Waals surface area contributed by atoms with Crippen LogP contribution in [-0.4, -0.2) is 59.0 Å². The number of nitrogens with zero attached hydrogens (tertiary/aromatic N) is 3. The van der Waals surface area contributed by atoms with E-state index in [1.54, 1.807) is 0 Å². The molecule has 0 bridgehead atoms. The van der Waals surface area contributed by atoms with Crippen LogP contribution in [0.25, 0.3) is 22.2 Å². The zero-order valence-electron chi connectivity index (χ0n) is 21.2. The lowest BCUT2D eigenvalue weighted by molar-refractivity contribution is 0.0920. The zero-order valence-corrected chi connectivity index (χ0v) is 21.2. The first-order valence-corrected chi connectivity index (χ1v) is 13.3. The number of amides is 1. The van der Waals surface area contributed by atoms with Crippen LogP contribution in [0.15, 0.2) is 54.6 Å². The van der Waals surface area contributed by atoms with Gasteiger partial charge in [-0.1, -0.05) is 67.8 Å². The maximum atomic E-state index is 13.9. The summed E-state index contributed by atoms with van der Waals surface area (Å²) in [5.41, 5.74) is 4.76. The Morgan fingerprint density at radius 1 is 0.943 bits per heavy atom. The molecule has 5 nitrogen and oxygen atoms in total. The molecule has 1 aromatic heterocycles. The monoisotopic (exact) mass is 470 g/mol. The van der Waals surface area contributed by atoms with Crippen LogP contribution in [0.3, 0.4) is 0 Å². The quantitative estimate of drug-likeness (QED) is 0.518. The van der Waals surface area contributed by atoms with E-state index < -0.39 is 0 Å². The summed E-state index contributed by atoms with van der Waals surface area (Å²) in [6.07, 6.45) is 5.82. The van der Waals surface area contributed by atoms with Crippen molar-refractivity contribution in [2.45, 2.75) is 64.6 Å². The van der Waals surface area contributed by atoms with Gasteiger partial charge in [-0.15, -0.1) is 0 Å². The summed E-state index contributed by atoms with van der Waals surface area (Å²) in [4.78, 5) is 24.1. The highest BCUT2D eigenvalue weighted by Gasteiger charge is 2.27. The summed E-state index contributed by atoms with van der Waals surface area (Å²) in [6, 6.07) is 19.3. The Morgan fingerprint density at radius 3 is 2.34 bits per heavy atom. The minimum absolute atomic E-state index is 0.0588. The van der Waals surface area contributed by atoms with Crippen molar-refractivity contribution in [1.82, 2.24) is 20.1 Å². The van der Waals surface area contributed by atoms with Gasteiger partial charge in [0.2, 0.25) is 0 Å². The van der Waals surface area contributed by atoms with Crippen LogP contribution >= 0.6 is 0 Å². The summed E-state index contributed by atoms with van der Waals surface area (Å²) in [5, 5.41) is 4.37. The molecule has 35 heavy (non-hydrogen) atoms. The normalized spacial score (nSPS) is 18.3. The van der Waals surface area contributed by atoms with Crippen LogP contribution in [0, 0.1) is 0 Å². The maximum absolute atomic E-state index is 13.9. The van der Waals surface area contributed by atoms with Crippen LogP contribution in [0.5, 0.6) is 0 Å². The van der Waals surface area contributed by atoms with E-state index in [1.807, 2.05) is 24.3 Å². The molecule has 2 heterocycles. The van der Waals surface area contributed by atoms with Crippen LogP contribution in [0.2, 0.25) is 0 Å². The van der Waals surface area contributed by atoms with E-state index in [0.29, 0.717) is 6.04 Å². The van der Waals surface area contributed by atoms with Crippen molar-refractivity contribution in [2.24, 2.45) is 0 Å². The molecule has 2 aromatic carbocycles. The predicted molar refractivity (Wildman–Crippen MR) is 144 cm³/mol. The van der Waals surface area contributed by atoms with E-state index >= 15 is 0 Å². The SMILES string of the molecule is CC(C)N1CCN(Cc2c(-c3ccccc3)nc3ccccc3c2C(=O)NC2CCCCC2)CC1. The van der Waals surface area contributed by atoms with E-state index in [1.165, 1.54) is 19.3 Å². The Hall–Kier alpha value is -2.76. The van der Waals surface area contributed by atoms with E-state index in [2.05, 4.69) is 59.3 Å².